The lowest BCUT2D eigenvalue weighted by Crippen LogP contribution is -2.43. The molecule has 178 valence electrons. The minimum Gasteiger partial charge on any atom is -0.378 e. The van der Waals surface area contributed by atoms with Crippen molar-refractivity contribution in [2.24, 2.45) is 5.92 Å². The smallest absolute Gasteiger partial charge is 0.167 e. The highest BCUT2D eigenvalue weighted by molar-refractivity contribution is 5.88. The number of carbonyl (C=O) groups is 2. The monoisotopic (exact) mass is 438 g/mol. The zero-order valence-electron chi connectivity index (χ0n) is 20.1. The van der Waals surface area contributed by atoms with Gasteiger partial charge in [0, 0.05) is 32.0 Å². The van der Waals surface area contributed by atoms with Gasteiger partial charge >= 0.3 is 0 Å². The Hall–Kier alpha value is -0.820. The van der Waals surface area contributed by atoms with Crippen molar-refractivity contribution in [2.45, 2.75) is 128 Å². The molecule has 3 rings (SSSR count). The average Bonchev–Trinajstić information content (AvgIpc) is 3.48. The SMILES string of the molecule is CC1CC(C(=O)C(C)(C)OCCCCCC(=O)C(C)(C)OC2CCC3OC3C2)CCO1. The molecule has 2 heterocycles. The van der Waals surface area contributed by atoms with Gasteiger partial charge in [-0.05, 0) is 73.1 Å². The van der Waals surface area contributed by atoms with Gasteiger partial charge in [-0.25, -0.2) is 0 Å². The maximum Gasteiger partial charge on any atom is 0.167 e. The molecule has 3 aliphatic rings. The highest BCUT2D eigenvalue weighted by Crippen LogP contribution is 2.39. The quantitative estimate of drug-likeness (QED) is 0.332. The van der Waals surface area contributed by atoms with Crippen LogP contribution in [0.15, 0.2) is 0 Å². The molecule has 5 atom stereocenters. The summed E-state index contributed by atoms with van der Waals surface area (Å²) >= 11 is 0. The fourth-order valence-corrected chi connectivity index (χ4v) is 4.95. The second-order valence-electron chi connectivity index (χ2n) is 10.6. The summed E-state index contributed by atoms with van der Waals surface area (Å²) in [6.07, 6.45) is 8.67. The minimum atomic E-state index is -0.766. The molecule has 5 unspecified atom stereocenters. The molecule has 1 saturated carbocycles. The van der Waals surface area contributed by atoms with Gasteiger partial charge in [-0.15, -0.1) is 0 Å². The Morgan fingerprint density at radius 1 is 0.935 bits per heavy atom. The number of unbranched alkanes of at least 4 members (excludes halogenated alkanes) is 2. The molecule has 31 heavy (non-hydrogen) atoms. The second kappa shape index (κ2) is 10.4. The Bertz CT molecular complexity index is 628. The second-order valence-corrected chi connectivity index (χ2v) is 10.6. The van der Waals surface area contributed by atoms with Crippen molar-refractivity contribution in [3.05, 3.63) is 0 Å². The Morgan fingerprint density at radius 3 is 2.42 bits per heavy atom. The normalized spacial score (nSPS) is 31.2. The minimum absolute atomic E-state index is 0.0279. The van der Waals surface area contributed by atoms with E-state index in [1.165, 1.54) is 0 Å². The predicted octanol–water partition coefficient (Wildman–Crippen LogP) is 4.41. The van der Waals surface area contributed by atoms with E-state index in [9.17, 15) is 9.59 Å². The molecule has 2 aliphatic heterocycles. The number of ketones is 2. The van der Waals surface area contributed by atoms with E-state index in [1.807, 2.05) is 34.6 Å². The largest absolute Gasteiger partial charge is 0.378 e. The number of ether oxygens (including phenoxy) is 4. The van der Waals surface area contributed by atoms with E-state index in [-0.39, 0.29) is 29.7 Å². The van der Waals surface area contributed by atoms with E-state index in [0.717, 1.165) is 51.4 Å². The van der Waals surface area contributed by atoms with Crippen LogP contribution in [0.3, 0.4) is 0 Å². The lowest BCUT2D eigenvalue weighted by atomic mass is 9.84. The summed E-state index contributed by atoms with van der Waals surface area (Å²) in [7, 11) is 0. The molecule has 0 spiro atoms. The molecule has 0 aromatic carbocycles. The van der Waals surface area contributed by atoms with Gasteiger partial charge < -0.3 is 18.9 Å². The van der Waals surface area contributed by atoms with Crippen molar-refractivity contribution in [1.29, 1.82) is 0 Å². The fraction of sp³-hybridized carbons (Fsp3) is 0.920. The number of carbonyl (C=O) groups excluding carboxylic acids is 2. The third-order valence-electron chi connectivity index (χ3n) is 7.05. The van der Waals surface area contributed by atoms with Crippen LogP contribution in [-0.4, -0.2) is 60.4 Å². The molecule has 6 heteroatoms. The number of epoxide rings is 1. The molecule has 0 N–H and O–H groups in total. The predicted molar refractivity (Wildman–Crippen MR) is 118 cm³/mol. The van der Waals surface area contributed by atoms with E-state index in [2.05, 4.69) is 0 Å². The van der Waals surface area contributed by atoms with Gasteiger partial charge in [-0.2, -0.15) is 0 Å². The number of fused-ring (bicyclic) bond motifs is 1. The first-order valence-electron chi connectivity index (χ1n) is 12.2. The summed E-state index contributed by atoms with van der Waals surface area (Å²) in [5.74, 6) is 0.374. The van der Waals surface area contributed by atoms with E-state index >= 15 is 0 Å². The highest BCUT2D eigenvalue weighted by Gasteiger charge is 2.46. The lowest BCUT2D eigenvalue weighted by Gasteiger charge is -2.32. The molecule has 6 nitrogen and oxygen atoms in total. The Kier molecular flexibility index (Phi) is 8.33. The van der Waals surface area contributed by atoms with Crippen LogP contribution in [-0.2, 0) is 28.5 Å². The number of rotatable bonds is 12. The van der Waals surface area contributed by atoms with Crippen LogP contribution in [0.25, 0.3) is 0 Å². The van der Waals surface area contributed by atoms with Gasteiger partial charge in [0.2, 0.25) is 0 Å². The maximum atomic E-state index is 12.8. The summed E-state index contributed by atoms with van der Waals surface area (Å²) in [5, 5.41) is 0. The van der Waals surface area contributed by atoms with Gasteiger partial charge in [0.25, 0.3) is 0 Å². The summed E-state index contributed by atoms with van der Waals surface area (Å²) in [6, 6.07) is 0. The maximum absolute atomic E-state index is 12.8. The topological polar surface area (TPSA) is 74.4 Å². The van der Waals surface area contributed by atoms with Crippen LogP contribution >= 0.6 is 0 Å². The van der Waals surface area contributed by atoms with Crippen molar-refractivity contribution in [3.63, 3.8) is 0 Å². The molecule has 0 aromatic rings. The van der Waals surface area contributed by atoms with E-state index in [0.29, 0.717) is 31.8 Å². The average molecular weight is 439 g/mol. The van der Waals surface area contributed by atoms with Crippen molar-refractivity contribution < 1.29 is 28.5 Å². The first-order chi connectivity index (χ1) is 14.6. The number of Topliss-reactive ketones (excluding diaryl/α,β-unsaturated/α-hetero) is 2. The number of hydrogen-bond donors (Lipinski definition) is 0. The van der Waals surface area contributed by atoms with Crippen molar-refractivity contribution >= 4 is 11.6 Å². The van der Waals surface area contributed by atoms with Crippen LogP contribution in [0.1, 0.15) is 92.4 Å². The molecular formula is C25H42O6. The Morgan fingerprint density at radius 2 is 1.71 bits per heavy atom. The Balaban J connectivity index is 1.29. The van der Waals surface area contributed by atoms with Crippen LogP contribution in [0.4, 0.5) is 0 Å². The van der Waals surface area contributed by atoms with Crippen LogP contribution < -0.4 is 0 Å². The summed E-state index contributed by atoms with van der Waals surface area (Å²) in [4.78, 5) is 25.5. The van der Waals surface area contributed by atoms with Crippen LogP contribution in [0, 0.1) is 5.92 Å². The van der Waals surface area contributed by atoms with Gasteiger partial charge in [0.1, 0.15) is 11.2 Å². The fourth-order valence-electron chi connectivity index (χ4n) is 4.95. The zero-order chi connectivity index (χ0) is 22.6. The number of hydrogen-bond acceptors (Lipinski definition) is 6. The molecule has 0 bridgehead atoms. The lowest BCUT2D eigenvalue weighted by molar-refractivity contribution is -0.149. The summed E-state index contributed by atoms with van der Waals surface area (Å²) < 4.78 is 23.2. The van der Waals surface area contributed by atoms with Gasteiger partial charge in [0.05, 0.1) is 24.4 Å². The molecule has 0 amide bonds. The highest BCUT2D eigenvalue weighted by atomic mass is 16.6. The first-order valence-corrected chi connectivity index (χ1v) is 12.2. The molecular weight excluding hydrogens is 396 g/mol. The first kappa shape index (κ1) is 24.8. The molecule has 3 fully saturated rings. The van der Waals surface area contributed by atoms with Gasteiger partial charge in [0.15, 0.2) is 11.6 Å². The van der Waals surface area contributed by atoms with Crippen LogP contribution in [0.2, 0.25) is 0 Å². The van der Waals surface area contributed by atoms with E-state index in [1.54, 1.807) is 0 Å². The summed E-state index contributed by atoms with van der Waals surface area (Å²) in [6.45, 7) is 10.7. The third kappa shape index (κ3) is 7.08. The summed E-state index contributed by atoms with van der Waals surface area (Å²) in [5.41, 5.74) is -1.50. The third-order valence-corrected chi connectivity index (χ3v) is 7.05. The van der Waals surface area contributed by atoms with E-state index < -0.39 is 11.2 Å². The standard InChI is InChI=1S/C25H42O6/c1-17-15-18(12-14-28-17)23(27)25(4,5)29-13-8-6-7-9-22(26)24(2,3)31-19-10-11-20-21(16-19)30-20/h17-21H,6-16H2,1-5H3. The molecule has 0 radical (unpaired) electrons. The van der Waals surface area contributed by atoms with Gasteiger partial charge in [-0.3, -0.25) is 9.59 Å². The zero-order valence-corrected chi connectivity index (χ0v) is 20.1. The molecule has 1 aliphatic carbocycles. The molecule has 2 saturated heterocycles. The molecule has 0 aromatic heterocycles. The Labute approximate surface area is 187 Å². The van der Waals surface area contributed by atoms with Crippen LogP contribution in [0.5, 0.6) is 0 Å². The van der Waals surface area contributed by atoms with Crippen molar-refractivity contribution in [2.75, 3.05) is 13.2 Å². The van der Waals surface area contributed by atoms with Gasteiger partial charge in [-0.1, -0.05) is 6.42 Å². The van der Waals surface area contributed by atoms with E-state index in [4.69, 9.17) is 18.9 Å². The van der Waals surface area contributed by atoms with Crippen molar-refractivity contribution in [3.8, 4) is 0 Å². The van der Waals surface area contributed by atoms with Crippen molar-refractivity contribution in [1.82, 2.24) is 0 Å².